The molecule has 0 atom stereocenters. The summed E-state index contributed by atoms with van der Waals surface area (Å²) in [6.07, 6.45) is 1.54. The first kappa shape index (κ1) is 13.6. The number of nitriles is 1. The highest BCUT2D eigenvalue weighted by Gasteiger charge is 2.10. The van der Waals surface area contributed by atoms with Gasteiger partial charge in [0.1, 0.15) is 24.1 Å². The molecular weight excluding hydrogens is 256 g/mol. The summed E-state index contributed by atoms with van der Waals surface area (Å²) in [6, 6.07) is 10.2. The molecular formula is C15H12N2O3. The molecule has 0 unspecified atom stereocenters. The predicted octanol–water partition coefficient (Wildman–Crippen LogP) is 2.54. The fraction of sp³-hybridized carbons (Fsp3) is 0.133. The zero-order chi connectivity index (χ0) is 14.5. The van der Waals surface area contributed by atoms with Crippen LogP contribution < -0.4 is 4.74 Å². The van der Waals surface area contributed by atoms with Gasteiger partial charge in [-0.25, -0.2) is 9.78 Å². The van der Waals surface area contributed by atoms with Crippen molar-refractivity contribution in [3.63, 3.8) is 0 Å². The van der Waals surface area contributed by atoms with Gasteiger partial charge in [0.25, 0.3) is 0 Å². The number of carbonyl (C=O) groups is 1. The zero-order valence-electron chi connectivity index (χ0n) is 10.8. The Balaban J connectivity index is 2.17. The third-order valence-electron chi connectivity index (χ3n) is 2.85. The number of benzene rings is 1. The van der Waals surface area contributed by atoms with Crippen molar-refractivity contribution in [1.29, 1.82) is 5.26 Å². The largest absolute Gasteiger partial charge is 0.489 e. The Morgan fingerprint density at radius 2 is 2.25 bits per heavy atom. The first-order valence-electron chi connectivity index (χ1n) is 5.92. The number of carboxylic acid groups (broad SMARTS) is 1. The van der Waals surface area contributed by atoms with Gasteiger partial charge in [-0.15, -0.1) is 0 Å². The summed E-state index contributed by atoms with van der Waals surface area (Å²) in [7, 11) is 0. The summed E-state index contributed by atoms with van der Waals surface area (Å²) in [5, 5.41) is 17.8. The molecule has 2 aromatic rings. The average molecular weight is 268 g/mol. The first-order valence-corrected chi connectivity index (χ1v) is 5.92. The molecule has 0 aliphatic rings. The molecule has 20 heavy (non-hydrogen) atoms. The topological polar surface area (TPSA) is 83.2 Å². The Labute approximate surface area is 116 Å². The van der Waals surface area contributed by atoms with Crippen LogP contribution in [0.1, 0.15) is 27.2 Å². The van der Waals surface area contributed by atoms with Crippen LogP contribution in [-0.2, 0) is 6.61 Å². The third-order valence-corrected chi connectivity index (χ3v) is 2.85. The van der Waals surface area contributed by atoms with Crippen LogP contribution in [0.15, 0.2) is 36.5 Å². The van der Waals surface area contributed by atoms with E-state index in [2.05, 4.69) is 4.98 Å². The fourth-order valence-corrected chi connectivity index (χ4v) is 1.79. The van der Waals surface area contributed by atoms with Crippen molar-refractivity contribution in [1.82, 2.24) is 4.98 Å². The van der Waals surface area contributed by atoms with E-state index in [0.717, 1.165) is 5.56 Å². The second-order valence-electron chi connectivity index (χ2n) is 4.18. The van der Waals surface area contributed by atoms with Crippen LogP contribution in [0, 0.1) is 18.3 Å². The quantitative estimate of drug-likeness (QED) is 0.921. The number of aromatic carboxylic acids is 1. The molecule has 0 aliphatic carbocycles. The van der Waals surface area contributed by atoms with Crippen molar-refractivity contribution >= 4 is 5.97 Å². The fourth-order valence-electron chi connectivity index (χ4n) is 1.79. The molecule has 1 aromatic carbocycles. The van der Waals surface area contributed by atoms with E-state index in [1.54, 1.807) is 31.2 Å². The maximum atomic E-state index is 11.0. The summed E-state index contributed by atoms with van der Waals surface area (Å²) < 4.78 is 5.61. The van der Waals surface area contributed by atoms with Crippen LogP contribution in [0.3, 0.4) is 0 Å². The van der Waals surface area contributed by atoms with Gasteiger partial charge in [-0.3, -0.25) is 0 Å². The van der Waals surface area contributed by atoms with Gasteiger partial charge in [0.15, 0.2) is 0 Å². The van der Waals surface area contributed by atoms with Gasteiger partial charge < -0.3 is 9.84 Å². The van der Waals surface area contributed by atoms with E-state index in [-0.39, 0.29) is 12.2 Å². The first-order chi connectivity index (χ1) is 9.61. The van der Waals surface area contributed by atoms with Gasteiger partial charge in [0.05, 0.1) is 5.56 Å². The maximum Gasteiger partial charge on any atom is 0.336 e. The van der Waals surface area contributed by atoms with Crippen LogP contribution in [0.4, 0.5) is 0 Å². The number of pyridine rings is 1. The number of nitrogens with zero attached hydrogens (tertiary/aromatic N) is 2. The number of aromatic nitrogens is 1. The van der Waals surface area contributed by atoms with Crippen molar-refractivity contribution in [2.45, 2.75) is 13.5 Å². The molecule has 2 rings (SSSR count). The third kappa shape index (κ3) is 2.93. The SMILES string of the molecule is Cc1c(OCc2ccnc(C#N)c2)cccc1C(=O)O. The lowest BCUT2D eigenvalue weighted by molar-refractivity contribution is 0.0695. The van der Waals surface area contributed by atoms with Gasteiger partial charge in [0, 0.05) is 11.8 Å². The highest BCUT2D eigenvalue weighted by molar-refractivity contribution is 5.90. The second kappa shape index (κ2) is 5.85. The van der Waals surface area contributed by atoms with E-state index >= 15 is 0 Å². The Kier molecular flexibility index (Phi) is 3.96. The van der Waals surface area contributed by atoms with Gasteiger partial charge in [-0.05, 0) is 36.8 Å². The van der Waals surface area contributed by atoms with Crippen molar-refractivity contribution in [3.05, 3.63) is 58.9 Å². The number of hydrogen-bond donors (Lipinski definition) is 1. The van der Waals surface area contributed by atoms with E-state index in [9.17, 15) is 4.79 Å². The second-order valence-corrected chi connectivity index (χ2v) is 4.18. The molecule has 1 heterocycles. The van der Waals surface area contributed by atoms with E-state index in [0.29, 0.717) is 17.0 Å². The highest BCUT2D eigenvalue weighted by atomic mass is 16.5. The van der Waals surface area contributed by atoms with Crippen LogP contribution in [0.25, 0.3) is 0 Å². The number of hydrogen-bond acceptors (Lipinski definition) is 4. The number of carboxylic acids is 1. The highest BCUT2D eigenvalue weighted by Crippen LogP contribution is 2.22. The van der Waals surface area contributed by atoms with Crippen LogP contribution in [-0.4, -0.2) is 16.1 Å². The Morgan fingerprint density at radius 1 is 1.45 bits per heavy atom. The molecule has 1 N–H and O–H groups in total. The molecule has 0 fully saturated rings. The van der Waals surface area contributed by atoms with Crippen molar-refractivity contribution < 1.29 is 14.6 Å². The van der Waals surface area contributed by atoms with E-state index in [4.69, 9.17) is 15.1 Å². The van der Waals surface area contributed by atoms with Gasteiger partial charge in [0.2, 0.25) is 0 Å². The minimum absolute atomic E-state index is 0.218. The monoisotopic (exact) mass is 268 g/mol. The Morgan fingerprint density at radius 3 is 2.95 bits per heavy atom. The molecule has 0 aliphatic heterocycles. The average Bonchev–Trinajstić information content (AvgIpc) is 2.46. The van der Waals surface area contributed by atoms with E-state index in [1.807, 2.05) is 6.07 Å². The summed E-state index contributed by atoms with van der Waals surface area (Å²) in [5.41, 5.74) is 1.92. The molecule has 0 bridgehead atoms. The molecule has 0 saturated heterocycles. The van der Waals surface area contributed by atoms with Gasteiger partial charge in [-0.1, -0.05) is 6.07 Å². The normalized spacial score (nSPS) is 9.80. The molecule has 0 spiro atoms. The zero-order valence-corrected chi connectivity index (χ0v) is 10.8. The summed E-state index contributed by atoms with van der Waals surface area (Å²) in [5.74, 6) is -0.469. The molecule has 1 aromatic heterocycles. The van der Waals surface area contributed by atoms with Crippen LogP contribution in [0.2, 0.25) is 0 Å². The van der Waals surface area contributed by atoms with Crippen molar-refractivity contribution in [2.24, 2.45) is 0 Å². The van der Waals surface area contributed by atoms with Gasteiger partial charge >= 0.3 is 5.97 Å². The Bertz CT molecular complexity index is 690. The molecule has 5 nitrogen and oxygen atoms in total. The maximum absolute atomic E-state index is 11.0. The minimum Gasteiger partial charge on any atom is -0.489 e. The van der Waals surface area contributed by atoms with Gasteiger partial charge in [-0.2, -0.15) is 5.26 Å². The Hall–Kier alpha value is -2.87. The van der Waals surface area contributed by atoms with Crippen molar-refractivity contribution in [3.8, 4) is 11.8 Å². The number of ether oxygens (including phenoxy) is 1. The molecule has 0 amide bonds. The molecule has 0 radical (unpaired) electrons. The van der Waals surface area contributed by atoms with Crippen molar-refractivity contribution in [2.75, 3.05) is 0 Å². The van der Waals surface area contributed by atoms with Crippen LogP contribution in [0.5, 0.6) is 5.75 Å². The minimum atomic E-state index is -0.983. The van der Waals surface area contributed by atoms with Crippen LogP contribution >= 0.6 is 0 Å². The standard InChI is InChI=1S/C15H12N2O3/c1-10-13(15(18)19)3-2-4-14(10)20-9-11-5-6-17-12(7-11)8-16/h2-7H,9H2,1H3,(H,18,19). The van der Waals surface area contributed by atoms with E-state index < -0.39 is 5.97 Å². The van der Waals surface area contributed by atoms with E-state index in [1.165, 1.54) is 12.3 Å². The summed E-state index contributed by atoms with van der Waals surface area (Å²) in [4.78, 5) is 14.9. The lowest BCUT2D eigenvalue weighted by Gasteiger charge is -2.10. The smallest absolute Gasteiger partial charge is 0.336 e. The number of rotatable bonds is 4. The summed E-state index contributed by atoms with van der Waals surface area (Å²) >= 11 is 0. The molecule has 0 saturated carbocycles. The lowest BCUT2D eigenvalue weighted by Crippen LogP contribution is -2.03. The molecule has 5 heteroatoms. The predicted molar refractivity (Wildman–Crippen MR) is 71.4 cm³/mol. The molecule has 100 valence electrons. The lowest BCUT2D eigenvalue weighted by atomic mass is 10.1. The summed E-state index contributed by atoms with van der Waals surface area (Å²) in [6.45, 7) is 1.95.